The van der Waals surface area contributed by atoms with E-state index in [1.807, 2.05) is 0 Å². The van der Waals surface area contributed by atoms with E-state index in [1.54, 1.807) is 0 Å². The average Bonchev–Trinajstić information content (AvgIpc) is 3.30. The highest BCUT2D eigenvalue weighted by Gasteiger charge is 2.27. The Balaban J connectivity index is 1.64. The maximum atomic E-state index is 6.49. The van der Waals surface area contributed by atoms with Gasteiger partial charge in [0.05, 0.1) is 12.2 Å². The minimum Gasteiger partial charge on any atom is -0.369 e. The molecule has 1 atom stereocenters. The third kappa shape index (κ3) is 4.54. The number of ether oxygens (including phenoxy) is 1. The highest BCUT2D eigenvalue weighted by atomic mass is 79.9. The fraction of sp³-hybridized carbons (Fsp3) is 0.667. The Morgan fingerprint density at radius 2 is 1.86 bits per heavy atom. The highest BCUT2D eigenvalue weighted by Crippen LogP contribution is 2.32. The first-order valence-electron chi connectivity index (χ1n) is 8.35. The van der Waals surface area contributed by atoms with Crippen LogP contribution in [0.5, 0.6) is 0 Å². The average molecular weight is 352 g/mol. The molecule has 1 unspecified atom stereocenters. The Hall–Kier alpha value is -0.380. The monoisotopic (exact) mass is 351 g/mol. The second kappa shape index (κ2) is 7.26. The summed E-state index contributed by atoms with van der Waals surface area (Å²) >= 11 is 3.69. The van der Waals surface area contributed by atoms with Gasteiger partial charge in [-0.2, -0.15) is 0 Å². The first-order valence-corrected chi connectivity index (χ1v) is 9.15. The summed E-state index contributed by atoms with van der Waals surface area (Å²) in [6.45, 7) is 3.29. The van der Waals surface area contributed by atoms with Gasteiger partial charge in [0, 0.05) is 17.1 Å². The summed E-state index contributed by atoms with van der Waals surface area (Å²) in [5.74, 6) is 0.872. The number of rotatable bonds is 6. The van der Waals surface area contributed by atoms with Gasteiger partial charge in [-0.25, -0.2) is 0 Å². The molecule has 0 saturated heterocycles. The van der Waals surface area contributed by atoms with E-state index < -0.39 is 0 Å². The minimum atomic E-state index is 0.166. The van der Waals surface area contributed by atoms with E-state index >= 15 is 0 Å². The van der Waals surface area contributed by atoms with Gasteiger partial charge < -0.3 is 10.1 Å². The van der Waals surface area contributed by atoms with Crippen molar-refractivity contribution < 1.29 is 4.74 Å². The maximum absolute atomic E-state index is 6.49. The van der Waals surface area contributed by atoms with Gasteiger partial charge in [-0.1, -0.05) is 41.1 Å². The molecule has 0 aromatic heterocycles. The molecular weight excluding hydrogens is 326 g/mol. The van der Waals surface area contributed by atoms with Crippen LogP contribution in [0.4, 0.5) is 0 Å². The zero-order chi connectivity index (χ0) is 14.7. The zero-order valence-electron chi connectivity index (χ0n) is 12.9. The van der Waals surface area contributed by atoms with Gasteiger partial charge in [-0.3, -0.25) is 0 Å². The van der Waals surface area contributed by atoms with Crippen molar-refractivity contribution in [2.45, 2.75) is 63.7 Å². The summed E-state index contributed by atoms with van der Waals surface area (Å²) in [6.07, 6.45) is 8.29. The molecule has 1 aromatic rings. The van der Waals surface area contributed by atoms with Crippen molar-refractivity contribution in [2.75, 3.05) is 6.54 Å². The molecule has 1 N–H and O–H groups in total. The van der Waals surface area contributed by atoms with Gasteiger partial charge in [0.2, 0.25) is 0 Å². The fourth-order valence-electron chi connectivity index (χ4n) is 3.13. The number of halogens is 1. The lowest BCUT2D eigenvalue weighted by atomic mass is 9.89. The molecule has 116 valence electrons. The summed E-state index contributed by atoms with van der Waals surface area (Å²) in [5.41, 5.74) is 1.28. The molecule has 0 heterocycles. The molecule has 2 fully saturated rings. The van der Waals surface area contributed by atoms with Crippen molar-refractivity contribution in [1.29, 1.82) is 0 Å². The molecule has 1 aromatic carbocycles. The molecule has 3 rings (SSSR count). The molecule has 21 heavy (non-hydrogen) atoms. The second-order valence-corrected chi connectivity index (χ2v) is 7.56. The van der Waals surface area contributed by atoms with Crippen LogP contribution in [0.3, 0.4) is 0 Å². The Morgan fingerprint density at radius 3 is 2.52 bits per heavy atom. The number of nitrogens with one attached hydrogen (secondary N) is 1. The largest absolute Gasteiger partial charge is 0.369 e. The summed E-state index contributed by atoms with van der Waals surface area (Å²) < 4.78 is 7.66. The fourth-order valence-corrected chi connectivity index (χ4v) is 3.67. The summed E-state index contributed by atoms with van der Waals surface area (Å²) in [7, 11) is 0. The third-order valence-corrected chi connectivity index (χ3v) is 5.46. The van der Waals surface area contributed by atoms with Gasteiger partial charge in [0.1, 0.15) is 0 Å². The molecule has 0 spiro atoms. The quantitative estimate of drug-likeness (QED) is 0.791. The van der Waals surface area contributed by atoms with Crippen LogP contribution in [-0.2, 0) is 4.74 Å². The van der Waals surface area contributed by atoms with Crippen molar-refractivity contribution in [1.82, 2.24) is 5.32 Å². The van der Waals surface area contributed by atoms with Crippen LogP contribution in [0, 0.1) is 5.92 Å². The van der Waals surface area contributed by atoms with Crippen molar-refractivity contribution in [3.63, 3.8) is 0 Å². The van der Waals surface area contributed by atoms with Gasteiger partial charge in [-0.05, 0) is 56.1 Å². The standard InChI is InChI=1S/C18H26BrNO/c1-13-6-10-15(11-7-13)21-18(12-20-14-8-9-14)16-4-2-3-5-17(16)19/h2-5,13-15,18,20H,6-12H2,1H3. The Morgan fingerprint density at radius 1 is 1.14 bits per heavy atom. The SMILES string of the molecule is CC1CCC(OC(CNC2CC2)c2ccccc2Br)CC1. The lowest BCUT2D eigenvalue weighted by Crippen LogP contribution is -2.30. The van der Waals surface area contributed by atoms with E-state index in [4.69, 9.17) is 4.74 Å². The summed E-state index contributed by atoms with van der Waals surface area (Å²) in [5, 5.41) is 3.63. The van der Waals surface area contributed by atoms with Gasteiger partial charge in [0.15, 0.2) is 0 Å². The molecule has 2 saturated carbocycles. The predicted octanol–water partition coefficient (Wildman–Crippen LogP) is 4.84. The van der Waals surface area contributed by atoms with Crippen LogP contribution in [0.25, 0.3) is 0 Å². The first kappa shape index (κ1) is 15.5. The minimum absolute atomic E-state index is 0.166. The van der Waals surface area contributed by atoms with Crippen LogP contribution in [0.2, 0.25) is 0 Å². The van der Waals surface area contributed by atoms with Crippen LogP contribution in [0.1, 0.15) is 57.1 Å². The second-order valence-electron chi connectivity index (χ2n) is 6.71. The van der Waals surface area contributed by atoms with E-state index in [0.717, 1.165) is 23.0 Å². The maximum Gasteiger partial charge on any atom is 0.0963 e. The Kier molecular flexibility index (Phi) is 5.36. The van der Waals surface area contributed by atoms with E-state index in [1.165, 1.54) is 44.1 Å². The molecule has 0 radical (unpaired) electrons. The molecule has 2 nitrogen and oxygen atoms in total. The Bertz CT molecular complexity index is 452. The highest BCUT2D eigenvalue weighted by molar-refractivity contribution is 9.10. The molecule has 3 heteroatoms. The van der Waals surface area contributed by atoms with Gasteiger partial charge in [0.25, 0.3) is 0 Å². The molecule has 2 aliphatic rings. The van der Waals surface area contributed by atoms with Gasteiger partial charge >= 0.3 is 0 Å². The smallest absolute Gasteiger partial charge is 0.0963 e. The summed E-state index contributed by atoms with van der Waals surface area (Å²) in [6, 6.07) is 9.21. The first-order chi connectivity index (χ1) is 10.2. The lowest BCUT2D eigenvalue weighted by Gasteiger charge is -2.31. The zero-order valence-corrected chi connectivity index (χ0v) is 14.4. The number of hydrogen-bond acceptors (Lipinski definition) is 2. The molecule has 0 amide bonds. The van der Waals surface area contributed by atoms with Crippen molar-refractivity contribution >= 4 is 15.9 Å². The van der Waals surface area contributed by atoms with E-state index in [9.17, 15) is 0 Å². The van der Waals surface area contributed by atoms with Crippen LogP contribution in [0.15, 0.2) is 28.7 Å². The number of hydrogen-bond donors (Lipinski definition) is 1. The van der Waals surface area contributed by atoms with E-state index in [0.29, 0.717) is 6.10 Å². The van der Waals surface area contributed by atoms with E-state index in [-0.39, 0.29) is 6.10 Å². The van der Waals surface area contributed by atoms with Gasteiger partial charge in [-0.15, -0.1) is 0 Å². The number of benzene rings is 1. The van der Waals surface area contributed by atoms with Crippen LogP contribution in [-0.4, -0.2) is 18.7 Å². The lowest BCUT2D eigenvalue weighted by molar-refractivity contribution is -0.0367. The van der Waals surface area contributed by atoms with Crippen LogP contribution < -0.4 is 5.32 Å². The van der Waals surface area contributed by atoms with Crippen molar-refractivity contribution in [3.8, 4) is 0 Å². The van der Waals surface area contributed by atoms with Crippen molar-refractivity contribution in [3.05, 3.63) is 34.3 Å². The molecule has 2 aliphatic carbocycles. The van der Waals surface area contributed by atoms with E-state index in [2.05, 4.69) is 52.4 Å². The van der Waals surface area contributed by atoms with Crippen molar-refractivity contribution in [2.24, 2.45) is 5.92 Å². The van der Waals surface area contributed by atoms with Crippen LogP contribution >= 0.6 is 15.9 Å². The molecular formula is C18H26BrNO. The predicted molar refractivity (Wildman–Crippen MR) is 90.4 cm³/mol. The topological polar surface area (TPSA) is 21.3 Å². The normalized spacial score (nSPS) is 27.5. The molecule has 0 aliphatic heterocycles. The third-order valence-electron chi connectivity index (χ3n) is 4.74. The summed E-state index contributed by atoms with van der Waals surface area (Å²) in [4.78, 5) is 0. The Labute approximate surface area is 136 Å². The molecule has 0 bridgehead atoms.